The highest BCUT2D eigenvalue weighted by atomic mass is 35.5. The number of carbonyl (C=O) groups excluding carboxylic acids is 3. The summed E-state index contributed by atoms with van der Waals surface area (Å²) >= 11 is 18.1. The van der Waals surface area contributed by atoms with Crippen LogP contribution in [-0.4, -0.2) is 22.4 Å². The van der Waals surface area contributed by atoms with E-state index < -0.39 is 17.7 Å². The third-order valence-corrected chi connectivity index (χ3v) is 6.20. The third kappa shape index (κ3) is 5.43. The Hall–Kier alpha value is -3.52. The third-order valence-electron chi connectivity index (χ3n) is 5.22. The summed E-state index contributed by atoms with van der Waals surface area (Å²) in [5, 5.41) is 6.96. The Kier molecular flexibility index (Phi) is 7.03. The summed E-state index contributed by atoms with van der Waals surface area (Å²) < 4.78 is 1.24. The molecule has 3 amide bonds. The van der Waals surface area contributed by atoms with Crippen molar-refractivity contribution in [3.8, 4) is 0 Å². The average Bonchev–Trinajstić information content (AvgIpc) is 3.15. The summed E-state index contributed by atoms with van der Waals surface area (Å²) in [4.78, 5) is 38.5. The molecule has 0 aliphatic carbocycles. The highest BCUT2D eigenvalue weighted by Gasteiger charge is 2.22. The predicted octanol–water partition coefficient (Wildman–Crippen LogP) is 6.18. The molecule has 10 heteroatoms. The van der Waals surface area contributed by atoms with Crippen LogP contribution in [0.15, 0.2) is 60.7 Å². The molecular weight excluding hydrogens is 511 g/mol. The minimum atomic E-state index is -0.957. The zero-order valence-electron chi connectivity index (χ0n) is 18.6. The van der Waals surface area contributed by atoms with Crippen LogP contribution in [0.3, 0.4) is 0 Å². The number of anilines is 2. The standard InChI is InChI=1S/C25H19Cl3N4O3/c1-13-3-7-20(14(2)9-13)30-24(34)25(35)31-32-21-8-4-16(26)10-15(21)11-22(32)23(33)29-17-5-6-18(27)19(28)12-17/h3-12H,1-2H3,(H,29,33)(H,30,34)(H,31,35). The Bertz CT molecular complexity index is 1500. The number of amides is 3. The van der Waals surface area contributed by atoms with E-state index in [1.54, 1.807) is 42.5 Å². The van der Waals surface area contributed by atoms with Gasteiger partial charge in [-0.25, -0.2) is 4.68 Å². The quantitative estimate of drug-likeness (QED) is 0.276. The van der Waals surface area contributed by atoms with Gasteiger partial charge in [-0.05, 0) is 67.9 Å². The topological polar surface area (TPSA) is 92.2 Å². The van der Waals surface area contributed by atoms with Crippen LogP contribution in [0.2, 0.25) is 15.1 Å². The molecule has 3 N–H and O–H groups in total. The van der Waals surface area contributed by atoms with Gasteiger partial charge in [0.25, 0.3) is 5.91 Å². The van der Waals surface area contributed by atoms with Gasteiger partial charge in [-0.3, -0.25) is 19.8 Å². The number of fused-ring (bicyclic) bond motifs is 1. The number of halogens is 3. The lowest BCUT2D eigenvalue weighted by atomic mass is 10.1. The van der Waals surface area contributed by atoms with Crippen LogP contribution >= 0.6 is 34.8 Å². The van der Waals surface area contributed by atoms with Gasteiger partial charge in [-0.2, -0.15) is 0 Å². The van der Waals surface area contributed by atoms with Crippen LogP contribution in [0.5, 0.6) is 0 Å². The van der Waals surface area contributed by atoms with E-state index in [4.69, 9.17) is 34.8 Å². The second kappa shape index (κ2) is 10.00. The molecule has 0 aliphatic heterocycles. The molecule has 0 bridgehead atoms. The van der Waals surface area contributed by atoms with Crippen molar-refractivity contribution < 1.29 is 14.4 Å². The van der Waals surface area contributed by atoms with Gasteiger partial charge in [-0.1, -0.05) is 52.5 Å². The van der Waals surface area contributed by atoms with Crippen LogP contribution in [0.1, 0.15) is 21.6 Å². The number of nitrogens with one attached hydrogen (secondary N) is 3. The molecule has 1 aromatic heterocycles. The first-order chi connectivity index (χ1) is 16.6. The number of benzene rings is 3. The van der Waals surface area contributed by atoms with Crippen molar-refractivity contribution in [2.45, 2.75) is 13.8 Å². The monoisotopic (exact) mass is 528 g/mol. The Morgan fingerprint density at radius 3 is 2.26 bits per heavy atom. The maximum absolute atomic E-state index is 13.1. The van der Waals surface area contributed by atoms with Crippen molar-refractivity contribution in [1.29, 1.82) is 0 Å². The summed E-state index contributed by atoms with van der Waals surface area (Å²) in [6, 6.07) is 16.5. The maximum atomic E-state index is 13.1. The summed E-state index contributed by atoms with van der Waals surface area (Å²) in [6.45, 7) is 3.76. The van der Waals surface area contributed by atoms with Gasteiger partial charge >= 0.3 is 11.8 Å². The fraction of sp³-hybridized carbons (Fsp3) is 0.0800. The molecule has 0 saturated carbocycles. The van der Waals surface area contributed by atoms with Gasteiger partial charge in [0.1, 0.15) is 5.69 Å². The molecule has 0 radical (unpaired) electrons. The van der Waals surface area contributed by atoms with Crippen LogP contribution < -0.4 is 16.1 Å². The average molecular weight is 530 g/mol. The first-order valence-corrected chi connectivity index (χ1v) is 11.5. The summed E-state index contributed by atoms with van der Waals surface area (Å²) in [6.07, 6.45) is 0. The van der Waals surface area contributed by atoms with E-state index in [1.165, 1.54) is 10.7 Å². The fourth-order valence-electron chi connectivity index (χ4n) is 3.53. The first kappa shape index (κ1) is 24.6. The molecule has 1 heterocycles. The van der Waals surface area contributed by atoms with E-state index >= 15 is 0 Å². The molecule has 0 fully saturated rings. The van der Waals surface area contributed by atoms with Gasteiger partial charge in [0.15, 0.2) is 0 Å². The molecule has 35 heavy (non-hydrogen) atoms. The Labute approximate surface area is 215 Å². The zero-order valence-corrected chi connectivity index (χ0v) is 20.8. The molecule has 4 aromatic rings. The smallest absolute Gasteiger partial charge is 0.321 e. The molecular formula is C25H19Cl3N4O3. The van der Waals surface area contributed by atoms with Crippen LogP contribution in [0.25, 0.3) is 10.9 Å². The zero-order chi connectivity index (χ0) is 25.3. The van der Waals surface area contributed by atoms with Crippen molar-refractivity contribution in [1.82, 2.24) is 4.68 Å². The molecule has 0 aliphatic rings. The van der Waals surface area contributed by atoms with Crippen molar-refractivity contribution >= 4 is 74.8 Å². The van der Waals surface area contributed by atoms with E-state index in [1.807, 2.05) is 26.0 Å². The summed E-state index contributed by atoms with van der Waals surface area (Å²) in [5.41, 5.74) is 5.80. The molecule has 0 unspecified atom stereocenters. The van der Waals surface area contributed by atoms with E-state index in [0.29, 0.717) is 32.3 Å². The number of nitrogens with zero attached hydrogens (tertiary/aromatic N) is 1. The van der Waals surface area contributed by atoms with Gasteiger partial charge < -0.3 is 10.6 Å². The fourth-order valence-corrected chi connectivity index (χ4v) is 4.01. The first-order valence-electron chi connectivity index (χ1n) is 10.4. The number of hydrogen-bond acceptors (Lipinski definition) is 3. The number of rotatable bonds is 4. The van der Waals surface area contributed by atoms with E-state index in [9.17, 15) is 14.4 Å². The normalized spacial score (nSPS) is 10.8. The summed E-state index contributed by atoms with van der Waals surface area (Å²) in [7, 11) is 0. The molecule has 7 nitrogen and oxygen atoms in total. The second-order valence-corrected chi connectivity index (χ2v) is 9.12. The minimum Gasteiger partial charge on any atom is -0.321 e. The Morgan fingerprint density at radius 2 is 1.54 bits per heavy atom. The second-order valence-electron chi connectivity index (χ2n) is 7.86. The van der Waals surface area contributed by atoms with Gasteiger partial charge in [0.2, 0.25) is 0 Å². The predicted molar refractivity (Wildman–Crippen MR) is 140 cm³/mol. The van der Waals surface area contributed by atoms with Crippen molar-refractivity contribution in [3.63, 3.8) is 0 Å². The van der Waals surface area contributed by atoms with Crippen LogP contribution in [-0.2, 0) is 9.59 Å². The minimum absolute atomic E-state index is 0.0704. The van der Waals surface area contributed by atoms with Gasteiger partial charge in [0.05, 0.1) is 15.6 Å². The van der Waals surface area contributed by atoms with E-state index in [0.717, 1.165) is 11.1 Å². The number of hydrogen-bond donors (Lipinski definition) is 3. The molecule has 0 saturated heterocycles. The molecule has 3 aromatic carbocycles. The lowest BCUT2D eigenvalue weighted by molar-refractivity contribution is -0.133. The maximum Gasteiger partial charge on any atom is 0.328 e. The Morgan fingerprint density at radius 1 is 0.771 bits per heavy atom. The summed E-state index contributed by atoms with van der Waals surface area (Å²) in [5.74, 6) is -2.39. The molecule has 0 spiro atoms. The van der Waals surface area contributed by atoms with Crippen molar-refractivity contribution in [2.24, 2.45) is 0 Å². The van der Waals surface area contributed by atoms with E-state index in [-0.39, 0.29) is 10.7 Å². The van der Waals surface area contributed by atoms with E-state index in [2.05, 4.69) is 16.1 Å². The lowest BCUT2D eigenvalue weighted by Gasteiger charge is -2.14. The number of aryl methyl sites for hydroxylation is 2. The van der Waals surface area contributed by atoms with Crippen molar-refractivity contribution in [2.75, 3.05) is 16.1 Å². The van der Waals surface area contributed by atoms with Crippen LogP contribution in [0.4, 0.5) is 11.4 Å². The van der Waals surface area contributed by atoms with Crippen LogP contribution in [0, 0.1) is 13.8 Å². The number of carbonyl (C=O) groups is 3. The lowest BCUT2D eigenvalue weighted by Crippen LogP contribution is -2.36. The molecule has 178 valence electrons. The van der Waals surface area contributed by atoms with Gasteiger partial charge in [0, 0.05) is 21.8 Å². The molecule has 0 atom stereocenters. The van der Waals surface area contributed by atoms with Gasteiger partial charge in [-0.15, -0.1) is 0 Å². The highest BCUT2D eigenvalue weighted by molar-refractivity contribution is 6.43. The highest BCUT2D eigenvalue weighted by Crippen LogP contribution is 2.27. The molecule has 4 rings (SSSR count). The van der Waals surface area contributed by atoms with Crippen molar-refractivity contribution in [3.05, 3.63) is 92.6 Å². The largest absolute Gasteiger partial charge is 0.328 e. The number of aromatic nitrogens is 1. The Balaban J connectivity index is 1.63. The SMILES string of the molecule is Cc1ccc(NC(=O)C(=O)Nn2c(C(=O)Nc3ccc(Cl)c(Cl)c3)cc3cc(Cl)ccc32)c(C)c1.